The first-order valence-electron chi connectivity index (χ1n) is 12.7. The van der Waals surface area contributed by atoms with Gasteiger partial charge >= 0.3 is 6.09 Å². The molecule has 3 aliphatic rings. The summed E-state index contributed by atoms with van der Waals surface area (Å²) in [5, 5.41) is 3.78. The van der Waals surface area contributed by atoms with Crippen LogP contribution >= 0.6 is 11.3 Å². The fourth-order valence-electron chi connectivity index (χ4n) is 5.56. The van der Waals surface area contributed by atoms with Crippen molar-refractivity contribution in [3.63, 3.8) is 0 Å². The summed E-state index contributed by atoms with van der Waals surface area (Å²) in [4.78, 5) is 36.0. The third-order valence-corrected chi connectivity index (χ3v) is 8.49. The first kappa shape index (κ1) is 23.8. The van der Waals surface area contributed by atoms with Crippen molar-refractivity contribution in [1.82, 2.24) is 15.2 Å². The van der Waals surface area contributed by atoms with Crippen LogP contribution in [0.2, 0.25) is 0 Å². The average molecular weight is 519 g/mol. The zero-order valence-electron chi connectivity index (χ0n) is 21.2. The van der Waals surface area contributed by atoms with Gasteiger partial charge in [0.05, 0.1) is 22.5 Å². The number of ether oxygens (including phenoxy) is 2. The minimum Gasteiger partial charge on any atom is -0.489 e. The number of carbonyl (C=O) groups is 2. The fraction of sp³-hybridized carbons (Fsp3) is 0.393. The summed E-state index contributed by atoms with van der Waals surface area (Å²) in [6.07, 6.45) is 0.550. The van der Waals surface area contributed by atoms with Crippen LogP contribution in [-0.2, 0) is 0 Å². The smallest absolute Gasteiger partial charge is 0.412 e. The summed E-state index contributed by atoms with van der Waals surface area (Å²) in [6, 6.07) is 13.5. The number of nitrogens with one attached hydrogen (secondary N) is 1. The van der Waals surface area contributed by atoms with E-state index in [1.807, 2.05) is 61.0 Å². The Balaban J connectivity index is 1.16. The SMILES string of the molecule is Cc1cccc(-c2sc(C)nc2C(=O)N2C[C@@H]3C[C@@H]3[C@H]2CNC(=O)Oc2cccc3c2N(C)CCO3)c1. The molecule has 0 unspecified atom stereocenters. The molecule has 3 heterocycles. The Labute approximate surface area is 220 Å². The van der Waals surface area contributed by atoms with Crippen molar-refractivity contribution >= 4 is 29.0 Å². The van der Waals surface area contributed by atoms with Crippen molar-refractivity contribution < 1.29 is 19.1 Å². The Bertz CT molecular complexity index is 1370. The van der Waals surface area contributed by atoms with Crippen LogP contribution in [-0.4, -0.2) is 61.2 Å². The lowest BCUT2D eigenvalue weighted by Crippen LogP contribution is -2.46. The van der Waals surface area contributed by atoms with Gasteiger partial charge in [-0.25, -0.2) is 9.78 Å². The molecule has 8 nitrogen and oxygen atoms in total. The maximum atomic E-state index is 13.8. The van der Waals surface area contributed by atoms with Crippen LogP contribution in [0.3, 0.4) is 0 Å². The molecule has 2 aromatic carbocycles. The second-order valence-corrected chi connectivity index (χ2v) is 11.3. The number of likely N-dealkylation sites (N-methyl/N-ethyl adjacent to an activating group) is 1. The average Bonchev–Trinajstić information content (AvgIpc) is 3.38. The molecule has 3 aromatic rings. The molecule has 1 saturated carbocycles. The van der Waals surface area contributed by atoms with E-state index in [0.29, 0.717) is 48.7 Å². The molecule has 2 fully saturated rings. The molecule has 0 spiro atoms. The first-order valence-corrected chi connectivity index (χ1v) is 13.5. The molecule has 1 aliphatic carbocycles. The van der Waals surface area contributed by atoms with Crippen LogP contribution in [0.15, 0.2) is 42.5 Å². The van der Waals surface area contributed by atoms with Crippen molar-refractivity contribution in [3.05, 3.63) is 58.7 Å². The summed E-state index contributed by atoms with van der Waals surface area (Å²) in [5.74, 6) is 1.98. The number of rotatable bonds is 5. The number of hydrogen-bond acceptors (Lipinski definition) is 7. The quantitative estimate of drug-likeness (QED) is 0.535. The molecule has 2 aliphatic heterocycles. The Morgan fingerprint density at radius 3 is 2.89 bits per heavy atom. The number of likely N-dealkylation sites (tertiary alicyclic amines) is 1. The second-order valence-electron chi connectivity index (χ2n) is 10.1. The highest BCUT2D eigenvalue weighted by molar-refractivity contribution is 7.15. The molecule has 1 saturated heterocycles. The minimum atomic E-state index is -0.533. The lowest BCUT2D eigenvalue weighted by molar-refractivity contribution is 0.0700. The normalized spacial score (nSPS) is 21.6. The number of thiazole rings is 1. The van der Waals surface area contributed by atoms with Crippen LogP contribution < -0.4 is 19.7 Å². The second kappa shape index (κ2) is 9.37. The predicted molar refractivity (Wildman–Crippen MR) is 143 cm³/mol. The molecule has 1 aromatic heterocycles. The third kappa shape index (κ3) is 4.52. The van der Waals surface area contributed by atoms with E-state index in [2.05, 4.69) is 16.4 Å². The number of anilines is 1. The van der Waals surface area contributed by atoms with E-state index in [4.69, 9.17) is 9.47 Å². The van der Waals surface area contributed by atoms with E-state index < -0.39 is 6.09 Å². The minimum absolute atomic E-state index is 0.0656. The predicted octanol–water partition coefficient (Wildman–Crippen LogP) is 4.50. The maximum Gasteiger partial charge on any atom is 0.412 e. The van der Waals surface area contributed by atoms with Gasteiger partial charge < -0.3 is 24.6 Å². The molecular formula is C28H30N4O4S. The van der Waals surface area contributed by atoms with Crippen molar-refractivity contribution in [2.75, 3.05) is 38.2 Å². The van der Waals surface area contributed by atoms with Gasteiger partial charge in [0.2, 0.25) is 0 Å². The van der Waals surface area contributed by atoms with Crippen LogP contribution in [0, 0.1) is 25.7 Å². The highest BCUT2D eigenvalue weighted by atomic mass is 32.1. The molecule has 6 rings (SSSR count). The number of para-hydroxylation sites is 1. The van der Waals surface area contributed by atoms with E-state index in [1.54, 1.807) is 17.4 Å². The Morgan fingerprint density at radius 1 is 1.22 bits per heavy atom. The molecule has 0 radical (unpaired) electrons. The van der Waals surface area contributed by atoms with E-state index in [0.717, 1.165) is 39.7 Å². The molecule has 2 amide bonds. The van der Waals surface area contributed by atoms with Crippen molar-refractivity contribution in [3.8, 4) is 21.9 Å². The molecule has 3 atom stereocenters. The molecule has 0 bridgehead atoms. The van der Waals surface area contributed by atoms with E-state index >= 15 is 0 Å². The monoisotopic (exact) mass is 518 g/mol. The van der Waals surface area contributed by atoms with Gasteiger partial charge in [0.15, 0.2) is 5.75 Å². The summed E-state index contributed by atoms with van der Waals surface area (Å²) in [6.45, 7) is 6.33. The van der Waals surface area contributed by atoms with E-state index in [9.17, 15) is 9.59 Å². The summed E-state index contributed by atoms with van der Waals surface area (Å²) in [7, 11) is 1.95. The summed E-state index contributed by atoms with van der Waals surface area (Å²) >= 11 is 1.54. The highest BCUT2D eigenvalue weighted by Crippen LogP contribution is 2.50. The summed E-state index contributed by atoms with van der Waals surface area (Å²) < 4.78 is 11.4. The van der Waals surface area contributed by atoms with Crippen molar-refractivity contribution in [2.45, 2.75) is 26.3 Å². The van der Waals surface area contributed by atoms with Crippen molar-refractivity contribution in [2.24, 2.45) is 11.8 Å². The number of nitrogens with zero attached hydrogens (tertiary/aromatic N) is 3. The molecule has 37 heavy (non-hydrogen) atoms. The van der Waals surface area contributed by atoms with Crippen LogP contribution in [0.1, 0.15) is 27.5 Å². The molecule has 1 N–H and O–H groups in total. The number of aryl methyl sites for hydroxylation is 2. The number of amides is 2. The molecule has 192 valence electrons. The largest absolute Gasteiger partial charge is 0.489 e. The van der Waals surface area contributed by atoms with E-state index in [1.165, 1.54) is 0 Å². The number of piperidine rings is 1. The summed E-state index contributed by atoms with van der Waals surface area (Å²) in [5.41, 5.74) is 3.42. The zero-order chi connectivity index (χ0) is 25.7. The van der Waals surface area contributed by atoms with Crippen LogP contribution in [0.4, 0.5) is 10.5 Å². The van der Waals surface area contributed by atoms with Gasteiger partial charge in [-0.2, -0.15) is 0 Å². The number of fused-ring (bicyclic) bond motifs is 2. The van der Waals surface area contributed by atoms with Gasteiger partial charge in [-0.3, -0.25) is 4.79 Å². The van der Waals surface area contributed by atoms with Gasteiger partial charge in [-0.1, -0.05) is 35.9 Å². The fourth-order valence-corrected chi connectivity index (χ4v) is 6.47. The highest BCUT2D eigenvalue weighted by Gasteiger charge is 2.54. The first-order chi connectivity index (χ1) is 17.9. The van der Waals surface area contributed by atoms with Gasteiger partial charge in [-0.15, -0.1) is 11.3 Å². The Hall–Kier alpha value is -3.59. The lowest BCUT2D eigenvalue weighted by atomic mass is 10.1. The van der Waals surface area contributed by atoms with Crippen LogP contribution in [0.5, 0.6) is 11.5 Å². The number of benzene rings is 2. The van der Waals surface area contributed by atoms with Crippen LogP contribution in [0.25, 0.3) is 10.4 Å². The van der Waals surface area contributed by atoms with Gasteiger partial charge in [0, 0.05) is 20.1 Å². The number of hydrogen-bond donors (Lipinski definition) is 1. The lowest BCUT2D eigenvalue weighted by Gasteiger charge is -2.29. The Morgan fingerprint density at radius 2 is 2.05 bits per heavy atom. The standard InChI is InChI=1S/C28H30N4O4S/c1-16-6-4-7-18(12-16)26-24(30-17(2)37-26)27(33)32-15-19-13-20(19)21(32)14-29-28(34)36-23-9-5-8-22-25(23)31(3)10-11-35-22/h4-9,12,19-21H,10-11,13-15H2,1-3H3,(H,29,34)/t19-,20-,21+/m0/s1. The van der Waals surface area contributed by atoms with Gasteiger partial charge in [0.1, 0.15) is 23.7 Å². The molecule has 9 heteroatoms. The topological polar surface area (TPSA) is 84.0 Å². The zero-order valence-corrected chi connectivity index (χ0v) is 22.0. The number of carbonyl (C=O) groups excluding carboxylic acids is 2. The van der Waals surface area contributed by atoms with Crippen molar-refractivity contribution in [1.29, 1.82) is 0 Å². The van der Waals surface area contributed by atoms with Gasteiger partial charge in [-0.05, 0) is 49.8 Å². The number of aromatic nitrogens is 1. The Kier molecular flexibility index (Phi) is 6.03. The third-order valence-electron chi connectivity index (χ3n) is 7.47. The molecular weight excluding hydrogens is 488 g/mol. The maximum absolute atomic E-state index is 13.8. The van der Waals surface area contributed by atoms with Gasteiger partial charge in [0.25, 0.3) is 5.91 Å². The van der Waals surface area contributed by atoms with E-state index in [-0.39, 0.29) is 11.9 Å².